The smallest absolute Gasteiger partial charge is 0.309 e. The molecular formula is C11H20O2. The van der Waals surface area contributed by atoms with Crippen LogP contribution in [0.25, 0.3) is 0 Å². The number of unbranched alkanes of at least 4 members (excludes halogenated alkanes) is 1. The van der Waals surface area contributed by atoms with E-state index in [1.165, 1.54) is 6.42 Å². The Morgan fingerprint density at radius 1 is 1.46 bits per heavy atom. The second-order valence-electron chi connectivity index (χ2n) is 4.61. The molecule has 0 radical (unpaired) electrons. The number of hydrogen-bond acceptors (Lipinski definition) is 2. The quantitative estimate of drug-likeness (QED) is 0.630. The molecule has 13 heavy (non-hydrogen) atoms. The molecule has 0 bridgehead atoms. The Morgan fingerprint density at radius 3 is 2.46 bits per heavy atom. The molecule has 2 heteroatoms. The van der Waals surface area contributed by atoms with Gasteiger partial charge in [-0.1, -0.05) is 40.5 Å². The van der Waals surface area contributed by atoms with Crippen molar-refractivity contribution in [1.29, 1.82) is 0 Å². The summed E-state index contributed by atoms with van der Waals surface area (Å²) >= 11 is 0. The standard InChI is InChI=1S/C11H20O2/c1-5-6-7-9-11(3,4)8(2)10(12)13-9/h8-9H,5-7H2,1-4H3/t8-,9+/m1/s1. The second kappa shape index (κ2) is 3.69. The second-order valence-corrected chi connectivity index (χ2v) is 4.61. The van der Waals surface area contributed by atoms with Gasteiger partial charge in [0.15, 0.2) is 0 Å². The van der Waals surface area contributed by atoms with Crippen LogP contribution in [0.5, 0.6) is 0 Å². The predicted octanol–water partition coefficient (Wildman–Crippen LogP) is 2.76. The largest absolute Gasteiger partial charge is 0.462 e. The first-order chi connectivity index (χ1) is 6.00. The Bertz CT molecular complexity index is 196. The van der Waals surface area contributed by atoms with E-state index in [4.69, 9.17) is 4.74 Å². The first kappa shape index (κ1) is 10.6. The Kier molecular flexibility index (Phi) is 2.99. The highest BCUT2D eigenvalue weighted by atomic mass is 16.6. The van der Waals surface area contributed by atoms with Crippen LogP contribution in [0.2, 0.25) is 0 Å². The van der Waals surface area contributed by atoms with Crippen molar-refractivity contribution < 1.29 is 9.53 Å². The van der Waals surface area contributed by atoms with Crippen LogP contribution in [-0.4, -0.2) is 12.1 Å². The van der Waals surface area contributed by atoms with Crippen molar-refractivity contribution in [2.24, 2.45) is 11.3 Å². The van der Waals surface area contributed by atoms with Crippen molar-refractivity contribution in [3.05, 3.63) is 0 Å². The van der Waals surface area contributed by atoms with E-state index in [0.717, 1.165) is 12.8 Å². The molecular weight excluding hydrogens is 164 g/mol. The maximum absolute atomic E-state index is 11.3. The Hall–Kier alpha value is -0.530. The van der Waals surface area contributed by atoms with Gasteiger partial charge in [-0.2, -0.15) is 0 Å². The zero-order valence-electron chi connectivity index (χ0n) is 9.09. The number of ether oxygens (including phenoxy) is 1. The third-order valence-corrected chi connectivity index (χ3v) is 3.38. The molecule has 0 N–H and O–H groups in total. The molecule has 0 aromatic rings. The van der Waals surface area contributed by atoms with Crippen LogP contribution in [0.4, 0.5) is 0 Å². The normalized spacial score (nSPS) is 31.8. The minimum absolute atomic E-state index is 0.0201. The average Bonchev–Trinajstić information content (AvgIpc) is 2.26. The summed E-state index contributed by atoms with van der Waals surface area (Å²) in [4.78, 5) is 11.3. The van der Waals surface area contributed by atoms with E-state index >= 15 is 0 Å². The number of hydrogen-bond donors (Lipinski definition) is 0. The van der Waals surface area contributed by atoms with Crippen molar-refractivity contribution in [2.45, 2.75) is 53.1 Å². The van der Waals surface area contributed by atoms with Gasteiger partial charge < -0.3 is 4.74 Å². The Balaban J connectivity index is 2.61. The highest BCUT2D eigenvalue weighted by molar-refractivity contribution is 5.75. The van der Waals surface area contributed by atoms with Gasteiger partial charge in [0, 0.05) is 5.41 Å². The summed E-state index contributed by atoms with van der Waals surface area (Å²) in [5.41, 5.74) is 0.0201. The van der Waals surface area contributed by atoms with Crippen molar-refractivity contribution >= 4 is 5.97 Å². The fourth-order valence-corrected chi connectivity index (χ4v) is 1.80. The maximum Gasteiger partial charge on any atom is 0.309 e. The summed E-state index contributed by atoms with van der Waals surface area (Å²) in [5, 5.41) is 0. The maximum atomic E-state index is 11.3. The third-order valence-electron chi connectivity index (χ3n) is 3.38. The van der Waals surface area contributed by atoms with Crippen LogP contribution >= 0.6 is 0 Å². The van der Waals surface area contributed by atoms with Crippen molar-refractivity contribution in [2.75, 3.05) is 0 Å². The molecule has 0 saturated carbocycles. The van der Waals surface area contributed by atoms with Gasteiger partial charge in [-0.3, -0.25) is 4.79 Å². The molecule has 0 aromatic heterocycles. The predicted molar refractivity (Wildman–Crippen MR) is 52.4 cm³/mol. The van der Waals surface area contributed by atoms with Crippen LogP contribution in [0, 0.1) is 11.3 Å². The Morgan fingerprint density at radius 2 is 2.08 bits per heavy atom. The Labute approximate surface area is 80.7 Å². The first-order valence-electron chi connectivity index (χ1n) is 5.20. The van der Waals surface area contributed by atoms with Crippen molar-refractivity contribution in [1.82, 2.24) is 0 Å². The van der Waals surface area contributed by atoms with Crippen LogP contribution in [-0.2, 0) is 9.53 Å². The van der Waals surface area contributed by atoms with Gasteiger partial charge in [-0.05, 0) is 6.42 Å². The van der Waals surface area contributed by atoms with Gasteiger partial charge in [-0.15, -0.1) is 0 Å². The summed E-state index contributed by atoms with van der Waals surface area (Å²) in [5.74, 6) is 0.0282. The molecule has 1 heterocycles. The van der Waals surface area contributed by atoms with E-state index in [2.05, 4.69) is 20.8 Å². The molecule has 2 nitrogen and oxygen atoms in total. The summed E-state index contributed by atoms with van der Waals surface area (Å²) in [6.45, 7) is 8.38. The van der Waals surface area contributed by atoms with Gasteiger partial charge >= 0.3 is 5.97 Å². The van der Waals surface area contributed by atoms with E-state index < -0.39 is 0 Å². The van der Waals surface area contributed by atoms with Crippen LogP contribution in [0.15, 0.2) is 0 Å². The molecule has 1 aliphatic heterocycles. The lowest BCUT2D eigenvalue weighted by molar-refractivity contribution is -0.144. The van der Waals surface area contributed by atoms with E-state index in [1.54, 1.807) is 0 Å². The minimum Gasteiger partial charge on any atom is -0.462 e. The van der Waals surface area contributed by atoms with Crippen LogP contribution in [0.1, 0.15) is 47.0 Å². The molecule has 0 aromatic carbocycles. The molecule has 0 unspecified atom stereocenters. The number of cyclic esters (lactones) is 1. The van der Waals surface area contributed by atoms with E-state index in [0.29, 0.717) is 0 Å². The molecule has 1 fully saturated rings. The van der Waals surface area contributed by atoms with Crippen molar-refractivity contribution in [3.63, 3.8) is 0 Å². The van der Waals surface area contributed by atoms with Gasteiger partial charge in [-0.25, -0.2) is 0 Å². The van der Waals surface area contributed by atoms with Crippen LogP contribution in [0.3, 0.4) is 0 Å². The lowest BCUT2D eigenvalue weighted by atomic mass is 9.76. The molecule has 1 saturated heterocycles. The molecule has 0 aliphatic carbocycles. The molecule has 1 rings (SSSR count). The molecule has 0 amide bonds. The fourth-order valence-electron chi connectivity index (χ4n) is 1.80. The topological polar surface area (TPSA) is 26.3 Å². The van der Waals surface area contributed by atoms with E-state index in [1.807, 2.05) is 6.92 Å². The van der Waals surface area contributed by atoms with Gasteiger partial charge in [0.05, 0.1) is 5.92 Å². The minimum atomic E-state index is -0.0221. The zero-order chi connectivity index (χ0) is 10.1. The van der Waals surface area contributed by atoms with Gasteiger partial charge in [0.25, 0.3) is 0 Å². The lowest BCUT2D eigenvalue weighted by Gasteiger charge is -2.26. The average molecular weight is 184 g/mol. The zero-order valence-corrected chi connectivity index (χ0v) is 9.09. The third kappa shape index (κ3) is 1.87. The molecule has 76 valence electrons. The molecule has 0 spiro atoms. The van der Waals surface area contributed by atoms with E-state index in [9.17, 15) is 4.79 Å². The number of esters is 1. The number of carbonyl (C=O) groups is 1. The fraction of sp³-hybridized carbons (Fsp3) is 0.909. The summed E-state index contributed by atoms with van der Waals surface area (Å²) in [6.07, 6.45) is 3.46. The van der Waals surface area contributed by atoms with Crippen LogP contribution < -0.4 is 0 Å². The molecule has 2 atom stereocenters. The van der Waals surface area contributed by atoms with E-state index in [-0.39, 0.29) is 23.4 Å². The highest BCUT2D eigenvalue weighted by Gasteiger charge is 2.47. The van der Waals surface area contributed by atoms with Gasteiger partial charge in [0.2, 0.25) is 0 Å². The summed E-state index contributed by atoms with van der Waals surface area (Å²) < 4.78 is 5.35. The summed E-state index contributed by atoms with van der Waals surface area (Å²) in [7, 11) is 0. The number of carbonyl (C=O) groups excluding carboxylic acids is 1. The highest BCUT2D eigenvalue weighted by Crippen LogP contribution is 2.41. The lowest BCUT2D eigenvalue weighted by Crippen LogP contribution is -2.28. The summed E-state index contributed by atoms with van der Waals surface area (Å²) in [6, 6.07) is 0. The SMILES string of the molecule is CCCC[C@@H]1OC(=O)[C@@H](C)C1(C)C. The monoisotopic (exact) mass is 184 g/mol. The van der Waals surface area contributed by atoms with Gasteiger partial charge in [0.1, 0.15) is 6.10 Å². The first-order valence-corrected chi connectivity index (χ1v) is 5.20. The number of rotatable bonds is 3. The molecule has 1 aliphatic rings. The van der Waals surface area contributed by atoms with Crippen molar-refractivity contribution in [3.8, 4) is 0 Å².